The lowest BCUT2D eigenvalue weighted by molar-refractivity contribution is 0.341. The molecular weight excluding hydrogens is 310 g/mol. The van der Waals surface area contributed by atoms with E-state index < -0.39 is 0 Å². The van der Waals surface area contributed by atoms with Crippen LogP contribution in [0.15, 0.2) is 53.9 Å². The Morgan fingerprint density at radius 2 is 2.17 bits per heavy atom. The quantitative estimate of drug-likeness (QED) is 0.577. The van der Waals surface area contributed by atoms with Crippen molar-refractivity contribution in [2.75, 3.05) is 6.61 Å². The van der Waals surface area contributed by atoms with E-state index in [0.717, 1.165) is 16.9 Å². The van der Waals surface area contributed by atoms with Crippen molar-refractivity contribution in [3.05, 3.63) is 59.1 Å². The summed E-state index contributed by atoms with van der Waals surface area (Å²) in [5, 5.41) is 11.5. The van der Waals surface area contributed by atoms with Crippen LogP contribution in [0.25, 0.3) is 11.4 Å². The Hall–Kier alpha value is -2.80. The van der Waals surface area contributed by atoms with Gasteiger partial charge in [0.15, 0.2) is 5.82 Å². The highest BCUT2D eigenvalue weighted by Gasteiger charge is 2.13. The van der Waals surface area contributed by atoms with E-state index in [1.54, 1.807) is 23.3 Å². The molecule has 0 atom stereocenters. The lowest BCUT2D eigenvalue weighted by atomic mass is 10.2. The second kappa shape index (κ2) is 6.97. The number of para-hydroxylation sites is 1. The molecule has 23 heavy (non-hydrogen) atoms. The van der Waals surface area contributed by atoms with Crippen LogP contribution in [-0.2, 0) is 0 Å². The molecule has 0 aliphatic heterocycles. The predicted octanol–water partition coefficient (Wildman–Crippen LogP) is 3.28. The summed E-state index contributed by atoms with van der Waals surface area (Å²) in [7, 11) is 0. The van der Waals surface area contributed by atoms with E-state index in [0.29, 0.717) is 17.2 Å². The summed E-state index contributed by atoms with van der Waals surface area (Å²) < 4.78 is 7.63. The number of rotatable bonds is 5. The number of ether oxygens (including phenoxy) is 1. The number of nitrogens with zero attached hydrogens (tertiary/aromatic N) is 4. The zero-order chi connectivity index (χ0) is 16.1. The van der Waals surface area contributed by atoms with E-state index >= 15 is 0 Å². The van der Waals surface area contributed by atoms with Crippen LogP contribution < -0.4 is 4.74 Å². The zero-order valence-electron chi connectivity index (χ0n) is 12.5. The average Bonchev–Trinajstić information content (AvgIpc) is 2.95. The first-order valence-electron chi connectivity index (χ1n) is 7.13. The minimum Gasteiger partial charge on any atom is -0.493 e. The molecule has 3 rings (SSSR count). The Bertz CT molecular complexity index is 869. The van der Waals surface area contributed by atoms with E-state index in [1.807, 2.05) is 43.3 Å². The Morgan fingerprint density at radius 1 is 1.30 bits per heavy atom. The molecule has 0 unspecified atom stereocenters. The lowest BCUT2D eigenvalue weighted by Crippen LogP contribution is -1.99. The van der Waals surface area contributed by atoms with Gasteiger partial charge in [-0.1, -0.05) is 18.2 Å². The summed E-state index contributed by atoms with van der Waals surface area (Å²) in [6.45, 7) is 2.51. The molecule has 0 saturated heterocycles. The summed E-state index contributed by atoms with van der Waals surface area (Å²) in [5.41, 5.74) is 1.70. The fraction of sp³-hybridized carbons (Fsp3) is 0.125. The Kier molecular flexibility index (Phi) is 4.58. The maximum absolute atomic E-state index is 5.66. The Balaban J connectivity index is 2.03. The number of hydrogen-bond donors (Lipinski definition) is 1. The van der Waals surface area contributed by atoms with E-state index in [-0.39, 0.29) is 0 Å². The highest BCUT2D eigenvalue weighted by molar-refractivity contribution is 7.71. The summed E-state index contributed by atoms with van der Waals surface area (Å²) >= 11 is 5.27. The number of H-pyrrole nitrogens is 1. The van der Waals surface area contributed by atoms with Gasteiger partial charge in [-0.15, -0.1) is 0 Å². The summed E-state index contributed by atoms with van der Waals surface area (Å²) in [6.07, 6.45) is 5.12. The molecule has 6 nitrogen and oxygen atoms in total. The number of aromatic nitrogens is 4. The van der Waals surface area contributed by atoms with Crippen molar-refractivity contribution in [3.63, 3.8) is 0 Å². The number of nitrogens with one attached hydrogen (secondary N) is 1. The van der Waals surface area contributed by atoms with Crippen molar-refractivity contribution in [2.24, 2.45) is 5.10 Å². The zero-order valence-corrected chi connectivity index (χ0v) is 13.3. The second-order valence-corrected chi connectivity index (χ2v) is 5.01. The van der Waals surface area contributed by atoms with E-state index in [1.165, 1.54) is 0 Å². The molecule has 7 heteroatoms. The van der Waals surface area contributed by atoms with Crippen molar-refractivity contribution in [2.45, 2.75) is 6.92 Å². The average molecular weight is 325 g/mol. The molecule has 1 N–H and O–H groups in total. The molecule has 1 aromatic carbocycles. The van der Waals surface area contributed by atoms with Gasteiger partial charge in [0.1, 0.15) is 5.75 Å². The van der Waals surface area contributed by atoms with Gasteiger partial charge in [0, 0.05) is 18.0 Å². The number of aromatic amines is 1. The maximum atomic E-state index is 5.66. The predicted molar refractivity (Wildman–Crippen MR) is 91.2 cm³/mol. The Labute approximate surface area is 138 Å². The molecule has 0 bridgehead atoms. The molecule has 2 aromatic heterocycles. The topological polar surface area (TPSA) is 68.1 Å². The van der Waals surface area contributed by atoms with Gasteiger partial charge in [0.25, 0.3) is 0 Å². The van der Waals surface area contributed by atoms with Gasteiger partial charge in [-0.3, -0.25) is 4.98 Å². The van der Waals surface area contributed by atoms with Gasteiger partial charge in [-0.05, 0) is 37.3 Å². The van der Waals surface area contributed by atoms with Crippen molar-refractivity contribution in [1.82, 2.24) is 19.9 Å². The minimum absolute atomic E-state index is 0.409. The number of hydrogen-bond acceptors (Lipinski definition) is 5. The van der Waals surface area contributed by atoms with Crippen LogP contribution in [0.2, 0.25) is 0 Å². The van der Waals surface area contributed by atoms with Crippen LogP contribution in [0.1, 0.15) is 12.5 Å². The van der Waals surface area contributed by atoms with Crippen molar-refractivity contribution in [3.8, 4) is 17.1 Å². The third-order valence-corrected chi connectivity index (χ3v) is 3.35. The van der Waals surface area contributed by atoms with E-state index in [9.17, 15) is 0 Å². The van der Waals surface area contributed by atoms with Gasteiger partial charge in [0.05, 0.1) is 18.4 Å². The molecule has 0 saturated carbocycles. The molecule has 0 spiro atoms. The van der Waals surface area contributed by atoms with Crippen LogP contribution in [0.3, 0.4) is 0 Å². The fourth-order valence-corrected chi connectivity index (χ4v) is 2.26. The Morgan fingerprint density at radius 3 is 2.96 bits per heavy atom. The third kappa shape index (κ3) is 3.35. The van der Waals surface area contributed by atoms with Crippen molar-refractivity contribution < 1.29 is 4.74 Å². The fourth-order valence-electron chi connectivity index (χ4n) is 2.08. The first-order valence-corrected chi connectivity index (χ1v) is 7.54. The maximum Gasteiger partial charge on any atom is 0.216 e. The van der Waals surface area contributed by atoms with Crippen molar-refractivity contribution >= 4 is 18.4 Å². The molecule has 3 aromatic rings. The molecule has 0 amide bonds. The molecule has 0 radical (unpaired) electrons. The third-order valence-electron chi connectivity index (χ3n) is 3.08. The SMILES string of the molecule is CCOc1ccccc1-c1n[nH]c(=S)n1/N=C\c1cccnc1. The number of pyridine rings is 1. The normalized spacial score (nSPS) is 11.0. The molecule has 0 fully saturated rings. The lowest BCUT2D eigenvalue weighted by Gasteiger charge is -2.08. The summed E-state index contributed by atoms with van der Waals surface area (Å²) in [6, 6.07) is 11.4. The van der Waals surface area contributed by atoms with Crippen molar-refractivity contribution in [1.29, 1.82) is 0 Å². The molecule has 0 aliphatic rings. The highest BCUT2D eigenvalue weighted by Crippen LogP contribution is 2.28. The standard InChI is InChI=1S/C16H15N5OS/c1-2-22-14-8-4-3-7-13(14)15-19-20-16(23)21(15)18-11-12-6-5-9-17-10-12/h3-11H,2H2,1H3,(H,20,23)/b18-11-. The van der Waals surface area contributed by atoms with Crippen LogP contribution in [0, 0.1) is 4.77 Å². The number of benzene rings is 1. The molecule has 0 aliphatic carbocycles. The van der Waals surface area contributed by atoms with Crippen LogP contribution in [0.4, 0.5) is 0 Å². The molecule has 116 valence electrons. The van der Waals surface area contributed by atoms with Crippen LogP contribution >= 0.6 is 12.2 Å². The van der Waals surface area contributed by atoms with Gasteiger partial charge in [-0.2, -0.15) is 14.9 Å². The van der Waals surface area contributed by atoms with E-state index in [4.69, 9.17) is 17.0 Å². The minimum atomic E-state index is 0.409. The first-order chi connectivity index (χ1) is 11.3. The van der Waals surface area contributed by atoms with Crippen LogP contribution in [-0.4, -0.2) is 32.7 Å². The second-order valence-electron chi connectivity index (χ2n) is 4.62. The highest BCUT2D eigenvalue weighted by atomic mass is 32.1. The summed E-state index contributed by atoms with van der Waals surface area (Å²) in [5.74, 6) is 1.33. The van der Waals surface area contributed by atoms with Gasteiger partial charge in [0.2, 0.25) is 4.77 Å². The smallest absolute Gasteiger partial charge is 0.216 e. The van der Waals surface area contributed by atoms with Gasteiger partial charge < -0.3 is 4.74 Å². The van der Waals surface area contributed by atoms with Gasteiger partial charge >= 0.3 is 0 Å². The van der Waals surface area contributed by atoms with Crippen LogP contribution in [0.5, 0.6) is 5.75 Å². The van der Waals surface area contributed by atoms with Gasteiger partial charge in [-0.25, -0.2) is 5.10 Å². The molecule has 2 heterocycles. The largest absolute Gasteiger partial charge is 0.493 e. The summed E-state index contributed by atoms with van der Waals surface area (Å²) in [4.78, 5) is 4.06. The molecular formula is C16H15N5OS. The first kappa shape index (κ1) is 15.1. The van der Waals surface area contributed by atoms with E-state index in [2.05, 4.69) is 20.3 Å². The monoisotopic (exact) mass is 325 g/mol.